The summed E-state index contributed by atoms with van der Waals surface area (Å²) in [5, 5.41) is 3.23. The third kappa shape index (κ3) is 3.72. The first-order valence-corrected chi connectivity index (χ1v) is 11.4. The zero-order valence-corrected chi connectivity index (χ0v) is 16.8. The van der Waals surface area contributed by atoms with Gasteiger partial charge in [0.1, 0.15) is 11.4 Å². The van der Waals surface area contributed by atoms with E-state index in [1.807, 2.05) is 30.3 Å². The summed E-state index contributed by atoms with van der Waals surface area (Å²) in [7, 11) is -3.13. The van der Waals surface area contributed by atoms with Crippen LogP contribution in [0, 0.1) is 0 Å². The van der Waals surface area contributed by atoms with Gasteiger partial charge in [-0.15, -0.1) is 11.3 Å². The molecule has 2 aromatic heterocycles. The Bertz CT molecular complexity index is 1210. The van der Waals surface area contributed by atoms with Crippen LogP contribution >= 0.6 is 11.3 Å². The maximum Gasteiger partial charge on any atom is 0.262 e. The van der Waals surface area contributed by atoms with Crippen LogP contribution in [0.15, 0.2) is 47.5 Å². The summed E-state index contributed by atoms with van der Waals surface area (Å²) in [6.45, 7) is 1.51. The smallest absolute Gasteiger partial charge is 0.262 e. The molecule has 0 unspecified atom stereocenters. The van der Waals surface area contributed by atoms with E-state index in [0.717, 1.165) is 10.4 Å². The number of fused-ring (bicyclic) bond motifs is 1. The number of sulfone groups is 1. The Morgan fingerprint density at radius 3 is 2.75 bits per heavy atom. The SMILES string of the molecule is C[C@@]1(NC(=O)Cn2cnc3sc(-c4ccccc4)cc3c2=O)CCS(=O)(=O)C1. The van der Waals surface area contributed by atoms with Gasteiger partial charge >= 0.3 is 0 Å². The number of carbonyl (C=O) groups excluding carboxylic acids is 1. The Kier molecular flexibility index (Phi) is 4.59. The maximum absolute atomic E-state index is 12.8. The summed E-state index contributed by atoms with van der Waals surface area (Å²) >= 11 is 1.43. The van der Waals surface area contributed by atoms with Crippen LogP contribution in [0.25, 0.3) is 20.7 Å². The quantitative estimate of drug-likeness (QED) is 0.698. The van der Waals surface area contributed by atoms with Crippen molar-refractivity contribution in [3.05, 3.63) is 53.1 Å². The first-order chi connectivity index (χ1) is 13.2. The van der Waals surface area contributed by atoms with Gasteiger partial charge in [-0.2, -0.15) is 0 Å². The largest absolute Gasteiger partial charge is 0.348 e. The Morgan fingerprint density at radius 2 is 2.07 bits per heavy atom. The molecule has 3 aromatic rings. The normalized spacial score (nSPS) is 21.0. The molecule has 1 saturated heterocycles. The van der Waals surface area contributed by atoms with Crippen molar-refractivity contribution in [1.82, 2.24) is 14.9 Å². The molecule has 1 amide bonds. The summed E-state index contributed by atoms with van der Waals surface area (Å²) in [5.74, 6) is -0.418. The van der Waals surface area contributed by atoms with Crippen molar-refractivity contribution in [2.75, 3.05) is 11.5 Å². The molecule has 0 spiro atoms. The van der Waals surface area contributed by atoms with Crippen molar-refractivity contribution in [2.45, 2.75) is 25.4 Å². The summed E-state index contributed by atoms with van der Waals surface area (Å²) in [6, 6.07) is 11.5. The average molecular weight is 418 g/mol. The molecule has 0 aliphatic carbocycles. The van der Waals surface area contributed by atoms with Crippen LogP contribution in [0.1, 0.15) is 13.3 Å². The molecule has 9 heteroatoms. The van der Waals surface area contributed by atoms with Crippen LogP contribution < -0.4 is 10.9 Å². The van der Waals surface area contributed by atoms with E-state index < -0.39 is 21.3 Å². The molecular formula is C19H19N3O4S2. The van der Waals surface area contributed by atoms with E-state index in [-0.39, 0.29) is 23.6 Å². The monoisotopic (exact) mass is 417 g/mol. The average Bonchev–Trinajstić information content (AvgIpc) is 3.19. The number of hydrogen-bond donors (Lipinski definition) is 1. The molecule has 0 radical (unpaired) electrons. The minimum atomic E-state index is -3.13. The van der Waals surface area contributed by atoms with E-state index in [2.05, 4.69) is 10.3 Å². The molecule has 4 rings (SSSR count). The second-order valence-corrected chi connectivity index (χ2v) is 10.5. The van der Waals surface area contributed by atoms with Gasteiger partial charge in [-0.25, -0.2) is 13.4 Å². The van der Waals surface area contributed by atoms with Crippen molar-refractivity contribution in [3.8, 4) is 10.4 Å². The third-order valence-electron chi connectivity index (χ3n) is 4.83. The van der Waals surface area contributed by atoms with Gasteiger partial charge in [0.25, 0.3) is 5.56 Å². The fourth-order valence-corrected chi connectivity index (χ4v) is 6.55. The Labute approximate surface area is 166 Å². The number of nitrogens with zero attached hydrogens (tertiary/aromatic N) is 2. The van der Waals surface area contributed by atoms with E-state index in [4.69, 9.17) is 0 Å². The van der Waals surface area contributed by atoms with E-state index in [1.165, 1.54) is 22.2 Å². The third-order valence-corrected chi connectivity index (χ3v) is 7.83. The summed E-state index contributed by atoms with van der Waals surface area (Å²) in [4.78, 5) is 31.1. The van der Waals surface area contributed by atoms with Crippen LogP contribution in [0.4, 0.5) is 0 Å². The highest BCUT2D eigenvalue weighted by atomic mass is 32.2. The van der Waals surface area contributed by atoms with E-state index in [0.29, 0.717) is 16.6 Å². The molecule has 7 nitrogen and oxygen atoms in total. The van der Waals surface area contributed by atoms with Crippen molar-refractivity contribution < 1.29 is 13.2 Å². The molecule has 0 saturated carbocycles. The highest BCUT2D eigenvalue weighted by Gasteiger charge is 2.39. The van der Waals surface area contributed by atoms with Gasteiger partial charge < -0.3 is 5.32 Å². The maximum atomic E-state index is 12.8. The molecule has 1 aliphatic rings. The highest BCUT2D eigenvalue weighted by molar-refractivity contribution is 7.91. The zero-order chi connectivity index (χ0) is 19.9. The van der Waals surface area contributed by atoms with Gasteiger partial charge in [0.15, 0.2) is 9.84 Å². The fourth-order valence-electron chi connectivity index (χ4n) is 3.46. The van der Waals surface area contributed by atoms with Gasteiger partial charge in [0.2, 0.25) is 5.91 Å². The summed E-state index contributed by atoms with van der Waals surface area (Å²) < 4.78 is 24.6. The number of aromatic nitrogens is 2. The lowest BCUT2D eigenvalue weighted by atomic mass is 10.0. The fraction of sp³-hybridized carbons (Fsp3) is 0.316. The summed E-state index contributed by atoms with van der Waals surface area (Å²) in [5.41, 5.74) is -0.0766. The number of hydrogen-bond acceptors (Lipinski definition) is 6. The van der Waals surface area contributed by atoms with Crippen LogP contribution in [-0.4, -0.2) is 40.9 Å². The molecule has 0 bridgehead atoms. The van der Waals surface area contributed by atoms with E-state index in [9.17, 15) is 18.0 Å². The minimum absolute atomic E-state index is 0.0639. The molecular weight excluding hydrogens is 398 g/mol. The second kappa shape index (κ2) is 6.82. The first-order valence-electron chi connectivity index (χ1n) is 8.81. The van der Waals surface area contributed by atoms with Gasteiger partial charge in [-0.3, -0.25) is 14.2 Å². The van der Waals surface area contributed by atoms with E-state index in [1.54, 1.807) is 13.0 Å². The van der Waals surface area contributed by atoms with Crippen molar-refractivity contribution >= 4 is 37.3 Å². The number of thiophene rings is 1. The molecule has 28 heavy (non-hydrogen) atoms. The Balaban J connectivity index is 1.57. The number of rotatable bonds is 4. The van der Waals surface area contributed by atoms with Crippen molar-refractivity contribution in [1.29, 1.82) is 0 Å². The Morgan fingerprint density at radius 1 is 1.32 bits per heavy atom. The number of amides is 1. The number of nitrogens with one attached hydrogen (secondary N) is 1. The van der Waals surface area contributed by atoms with Crippen molar-refractivity contribution in [2.24, 2.45) is 0 Å². The van der Waals surface area contributed by atoms with Crippen LogP contribution in [0.3, 0.4) is 0 Å². The summed E-state index contributed by atoms with van der Waals surface area (Å²) in [6.07, 6.45) is 1.74. The number of carbonyl (C=O) groups is 1. The Hall–Kier alpha value is -2.52. The van der Waals surface area contributed by atoms with Crippen LogP contribution in [0.2, 0.25) is 0 Å². The van der Waals surface area contributed by atoms with E-state index >= 15 is 0 Å². The lowest BCUT2D eigenvalue weighted by Gasteiger charge is -2.24. The molecule has 1 aliphatic heterocycles. The standard InChI is InChI=1S/C19H19N3O4S2/c1-19(7-8-28(25,26)11-19)21-16(23)10-22-12-20-17-14(18(22)24)9-15(27-17)13-5-3-2-4-6-13/h2-6,9,12H,7-8,10-11H2,1H3,(H,21,23)/t19-/m1/s1. The van der Waals surface area contributed by atoms with Gasteiger partial charge in [-0.1, -0.05) is 30.3 Å². The molecule has 1 aromatic carbocycles. The lowest BCUT2D eigenvalue weighted by molar-refractivity contribution is -0.123. The van der Waals surface area contributed by atoms with Gasteiger partial charge in [-0.05, 0) is 25.0 Å². The lowest BCUT2D eigenvalue weighted by Crippen LogP contribution is -2.48. The van der Waals surface area contributed by atoms with Gasteiger partial charge in [0, 0.05) is 4.88 Å². The molecule has 1 N–H and O–H groups in total. The predicted molar refractivity (Wildman–Crippen MR) is 109 cm³/mol. The molecule has 1 fully saturated rings. The van der Waals surface area contributed by atoms with Crippen LogP contribution in [0.5, 0.6) is 0 Å². The molecule has 1 atom stereocenters. The highest BCUT2D eigenvalue weighted by Crippen LogP contribution is 2.30. The first kappa shape index (κ1) is 18.8. The molecule has 146 valence electrons. The predicted octanol–water partition coefficient (Wildman–Crippen LogP) is 1.82. The number of benzene rings is 1. The second-order valence-electron chi connectivity index (χ2n) is 7.32. The minimum Gasteiger partial charge on any atom is -0.348 e. The van der Waals surface area contributed by atoms with Crippen molar-refractivity contribution in [3.63, 3.8) is 0 Å². The zero-order valence-electron chi connectivity index (χ0n) is 15.2. The topological polar surface area (TPSA) is 98.1 Å². The van der Waals surface area contributed by atoms with Gasteiger partial charge in [0.05, 0.1) is 28.8 Å². The van der Waals surface area contributed by atoms with Crippen LogP contribution in [-0.2, 0) is 21.2 Å². The molecule has 3 heterocycles.